The molecule has 0 bridgehead atoms. The highest BCUT2D eigenvalue weighted by Crippen LogP contribution is 2.13. The first kappa shape index (κ1) is 15.1. The van der Waals surface area contributed by atoms with E-state index in [1.165, 1.54) is 25.3 Å². The van der Waals surface area contributed by atoms with E-state index < -0.39 is 0 Å². The van der Waals surface area contributed by atoms with Gasteiger partial charge in [-0.2, -0.15) is 0 Å². The largest absolute Gasteiger partial charge is 0.398 e. The first-order chi connectivity index (χ1) is 9.65. The standard InChI is InChI=1S/C15H25N3O2/c1-17(12-14-5-2-3-10-20-14)8-4-9-18-11-13(16)6-7-15(18)19/h6-7,11,14H,2-5,8-10,12,16H2,1H3. The van der Waals surface area contributed by atoms with Crippen molar-refractivity contribution in [2.45, 2.75) is 38.3 Å². The summed E-state index contributed by atoms with van der Waals surface area (Å²) < 4.78 is 7.42. The molecule has 0 amide bonds. The number of nitrogens with zero attached hydrogens (tertiary/aromatic N) is 2. The van der Waals surface area contributed by atoms with E-state index in [4.69, 9.17) is 10.5 Å². The number of likely N-dealkylation sites (N-methyl/N-ethyl adjacent to an activating group) is 1. The van der Waals surface area contributed by atoms with Gasteiger partial charge in [0.05, 0.1) is 6.10 Å². The SMILES string of the molecule is CN(CCCn1cc(N)ccc1=O)CC1CCCCO1. The predicted octanol–water partition coefficient (Wildman–Crippen LogP) is 1.32. The Morgan fingerprint density at radius 1 is 1.45 bits per heavy atom. The summed E-state index contributed by atoms with van der Waals surface area (Å²) in [4.78, 5) is 13.9. The van der Waals surface area contributed by atoms with Gasteiger partial charge in [-0.25, -0.2) is 0 Å². The number of hydrogen-bond donors (Lipinski definition) is 1. The van der Waals surface area contributed by atoms with Crippen molar-refractivity contribution < 1.29 is 4.74 Å². The number of rotatable bonds is 6. The molecule has 0 aromatic carbocycles. The van der Waals surface area contributed by atoms with Crippen molar-refractivity contribution in [1.82, 2.24) is 9.47 Å². The van der Waals surface area contributed by atoms with Gasteiger partial charge in [0.1, 0.15) is 0 Å². The molecule has 5 nitrogen and oxygen atoms in total. The van der Waals surface area contributed by atoms with Crippen molar-refractivity contribution >= 4 is 5.69 Å². The summed E-state index contributed by atoms with van der Waals surface area (Å²) in [6.45, 7) is 3.55. The second-order valence-electron chi connectivity index (χ2n) is 5.60. The number of hydrogen-bond acceptors (Lipinski definition) is 4. The molecule has 0 aliphatic carbocycles. The quantitative estimate of drug-likeness (QED) is 0.853. The Hall–Kier alpha value is -1.33. The van der Waals surface area contributed by atoms with Crippen molar-refractivity contribution in [3.63, 3.8) is 0 Å². The summed E-state index contributed by atoms with van der Waals surface area (Å²) in [6, 6.07) is 3.17. The van der Waals surface area contributed by atoms with Crippen LogP contribution in [0.3, 0.4) is 0 Å². The molecule has 1 aromatic rings. The van der Waals surface area contributed by atoms with Crippen molar-refractivity contribution in [2.24, 2.45) is 0 Å². The number of aromatic nitrogens is 1. The van der Waals surface area contributed by atoms with E-state index in [0.717, 1.165) is 26.1 Å². The third-order valence-electron chi connectivity index (χ3n) is 3.73. The number of aryl methyl sites for hydroxylation is 1. The van der Waals surface area contributed by atoms with Gasteiger partial charge in [0.25, 0.3) is 5.56 Å². The zero-order valence-corrected chi connectivity index (χ0v) is 12.3. The zero-order valence-electron chi connectivity index (χ0n) is 12.3. The lowest BCUT2D eigenvalue weighted by Gasteiger charge is -2.27. The van der Waals surface area contributed by atoms with E-state index in [0.29, 0.717) is 18.3 Å². The average Bonchev–Trinajstić information content (AvgIpc) is 2.44. The van der Waals surface area contributed by atoms with Crippen molar-refractivity contribution in [3.8, 4) is 0 Å². The molecule has 1 fully saturated rings. The number of ether oxygens (including phenoxy) is 1. The smallest absolute Gasteiger partial charge is 0.250 e. The first-order valence-corrected chi connectivity index (χ1v) is 7.41. The van der Waals surface area contributed by atoms with Crippen LogP contribution in [-0.4, -0.2) is 42.3 Å². The lowest BCUT2D eigenvalue weighted by molar-refractivity contribution is -0.00166. The maximum atomic E-state index is 11.6. The van der Waals surface area contributed by atoms with Crippen LogP contribution in [0.25, 0.3) is 0 Å². The van der Waals surface area contributed by atoms with Crippen LogP contribution in [0.4, 0.5) is 5.69 Å². The van der Waals surface area contributed by atoms with Crippen LogP contribution in [0.15, 0.2) is 23.1 Å². The Labute approximate surface area is 120 Å². The molecule has 0 radical (unpaired) electrons. The summed E-state index contributed by atoms with van der Waals surface area (Å²) in [7, 11) is 2.11. The van der Waals surface area contributed by atoms with Gasteiger partial charge >= 0.3 is 0 Å². The van der Waals surface area contributed by atoms with Gasteiger partial charge in [0, 0.05) is 37.6 Å². The molecule has 2 N–H and O–H groups in total. The Morgan fingerprint density at radius 3 is 3.05 bits per heavy atom. The van der Waals surface area contributed by atoms with Gasteiger partial charge in [-0.1, -0.05) is 0 Å². The van der Waals surface area contributed by atoms with Crippen LogP contribution in [0.2, 0.25) is 0 Å². The van der Waals surface area contributed by atoms with Crippen LogP contribution in [-0.2, 0) is 11.3 Å². The van der Waals surface area contributed by atoms with Crippen LogP contribution in [0, 0.1) is 0 Å². The van der Waals surface area contributed by atoms with Gasteiger partial charge in [-0.05, 0) is 45.3 Å². The average molecular weight is 279 g/mol. The molecule has 112 valence electrons. The maximum Gasteiger partial charge on any atom is 0.250 e. The second kappa shape index (κ2) is 7.45. The number of pyridine rings is 1. The summed E-state index contributed by atoms with van der Waals surface area (Å²) in [5, 5.41) is 0. The van der Waals surface area contributed by atoms with Crippen molar-refractivity contribution in [1.29, 1.82) is 0 Å². The van der Waals surface area contributed by atoms with E-state index >= 15 is 0 Å². The predicted molar refractivity (Wildman–Crippen MR) is 80.8 cm³/mol. The lowest BCUT2D eigenvalue weighted by Crippen LogP contribution is -2.34. The lowest BCUT2D eigenvalue weighted by atomic mass is 10.1. The third-order valence-corrected chi connectivity index (χ3v) is 3.73. The van der Waals surface area contributed by atoms with E-state index in [1.807, 2.05) is 0 Å². The van der Waals surface area contributed by atoms with Crippen LogP contribution < -0.4 is 11.3 Å². The van der Waals surface area contributed by atoms with Crippen LogP contribution in [0.5, 0.6) is 0 Å². The van der Waals surface area contributed by atoms with E-state index in [1.54, 1.807) is 16.8 Å². The molecule has 1 saturated heterocycles. The maximum absolute atomic E-state index is 11.6. The monoisotopic (exact) mass is 279 g/mol. The first-order valence-electron chi connectivity index (χ1n) is 7.41. The molecular formula is C15H25N3O2. The molecule has 0 saturated carbocycles. The van der Waals surface area contributed by atoms with Gasteiger partial charge in [-0.3, -0.25) is 4.79 Å². The minimum Gasteiger partial charge on any atom is -0.398 e. The minimum absolute atomic E-state index is 0.0115. The number of nitrogen functional groups attached to an aromatic ring is 1. The minimum atomic E-state index is 0.0115. The van der Waals surface area contributed by atoms with Crippen LogP contribution in [0.1, 0.15) is 25.7 Å². The van der Waals surface area contributed by atoms with Crippen molar-refractivity contribution in [2.75, 3.05) is 32.5 Å². The topological polar surface area (TPSA) is 60.5 Å². The summed E-state index contributed by atoms with van der Waals surface area (Å²) in [6.07, 6.45) is 6.66. The summed E-state index contributed by atoms with van der Waals surface area (Å²) in [5.41, 5.74) is 6.34. The normalized spacial score (nSPS) is 19.4. The molecule has 1 aliphatic heterocycles. The molecule has 2 heterocycles. The molecule has 1 atom stereocenters. The third kappa shape index (κ3) is 4.65. The van der Waals surface area contributed by atoms with Gasteiger partial charge in [0.15, 0.2) is 0 Å². The Bertz CT molecular complexity index is 466. The molecular weight excluding hydrogens is 254 g/mol. The molecule has 1 aromatic heterocycles. The molecule has 0 spiro atoms. The highest BCUT2D eigenvalue weighted by atomic mass is 16.5. The van der Waals surface area contributed by atoms with Crippen LogP contribution >= 0.6 is 0 Å². The summed E-state index contributed by atoms with van der Waals surface area (Å²) in [5.74, 6) is 0. The van der Waals surface area contributed by atoms with E-state index in [-0.39, 0.29) is 5.56 Å². The van der Waals surface area contributed by atoms with Crippen molar-refractivity contribution in [3.05, 3.63) is 28.7 Å². The van der Waals surface area contributed by atoms with Gasteiger partial charge < -0.3 is 19.9 Å². The second-order valence-corrected chi connectivity index (χ2v) is 5.60. The Balaban J connectivity index is 1.72. The van der Waals surface area contributed by atoms with Gasteiger partial charge in [-0.15, -0.1) is 0 Å². The molecule has 1 unspecified atom stereocenters. The molecule has 5 heteroatoms. The number of anilines is 1. The highest BCUT2D eigenvalue weighted by Gasteiger charge is 2.15. The fraction of sp³-hybridized carbons (Fsp3) is 0.667. The highest BCUT2D eigenvalue weighted by molar-refractivity contribution is 5.33. The van der Waals surface area contributed by atoms with E-state index in [2.05, 4.69) is 11.9 Å². The fourth-order valence-electron chi connectivity index (χ4n) is 2.63. The molecule has 1 aliphatic rings. The van der Waals surface area contributed by atoms with Gasteiger partial charge in [0.2, 0.25) is 0 Å². The number of nitrogens with two attached hydrogens (primary N) is 1. The summed E-state index contributed by atoms with van der Waals surface area (Å²) >= 11 is 0. The zero-order chi connectivity index (χ0) is 14.4. The molecule has 2 rings (SSSR count). The van der Waals surface area contributed by atoms with E-state index in [9.17, 15) is 4.79 Å². The molecule has 20 heavy (non-hydrogen) atoms. The fourth-order valence-corrected chi connectivity index (χ4v) is 2.63. The Morgan fingerprint density at radius 2 is 2.30 bits per heavy atom. The Kier molecular flexibility index (Phi) is 5.61.